The molecule has 0 saturated carbocycles. The van der Waals surface area contributed by atoms with E-state index in [0.29, 0.717) is 17.7 Å². The van der Waals surface area contributed by atoms with Gasteiger partial charge in [0.1, 0.15) is 6.61 Å². The lowest BCUT2D eigenvalue weighted by molar-refractivity contribution is -0.0326. The molecule has 5 heteroatoms. The van der Waals surface area contributed by atoms with Crippen molar-refractivity contribution in [2.45, 2.75) is 103 Å². The van der Waals surface area contributed by atoms with Gasteiger partial charge in [-0.3, -0.25) is 0 Å². The summed E-state index contributed by atoms with van der Waals surface area (Å²) in [5.41, 5.74) is 0.919. The maximum absolute atomic E-state index is 12.5. The minimum atomic E-state index is -0.665. The minimum Gasteiger partial charge on any atom is -0.458 e. The van der Waals surface area contributed by atoms with Crippen LogP contribution in [-0.4, -0.2) is 37.9 Å². The average Bonchev–Trinajstić information content (AvgIpc) is 2.96. The Bertz CT molecular complexity index is 852. The first-order valence-corrected chi connectivity index (χ1v) is 14.8. The van der Waals surface area contributed by atoms with E-state index in [-0.39, 0.29) is 13.2 Å². The number of esters is 2. The fraction of sp³-hybridized carbons (Fsp3) is 0.576. The Labute approximate surface area is 230 Å². The van der Waals surface area contributed by atoms with Crippen LogP contribution in [0, 0.1) is 0 Å². The fourth-order valence-corrected chi connectivity index (χ4v) is 4.35. The average molecular weight is 525 g/mol. The van der Waals surface area contributed by atoms with E-state index < -0.39 is 18.0 Å². The second kappa shape index (κ2) is 21.3. The van der Waals surface area contributed by atoms with Crippen LogP contribution in [0.1, 0.15) is 118 Å². The van der Waals surface area contributed by atoms with Gasteiger partial charge in [-0.2, -0.15) is 0 Å². The van der Waals surface area contributed by atoms with E-state index in [0.717, 1.165) is 12.8 Å². The van der Waals surface area contributed by atoms with E-state index in [9.17, 15) is 9.59 Å². The largest absolute Gasteiger partial charge is 0.458 e. The molecule has 2 rings (SSSR count). The highest BCUT2D eigenvalue weighted by atomic mass is 16.6. The molecule has 38 heavy (non-hydrogen) atoms. The van der Waals surface area contributed by atoms with Crippen molar-refractivity contribution in [3.8, 4) is 0 Å². The van der Waals surface area contributed by atoms with Gasteiger partial charge in [-0.15, -0.1) is 0 Å². The molecule has 0 spiro atoms. The summed E-state index contributed by atoms with van der Waals surface area (Å²) in [6.07, 6.45) is 17.7. The van der Waals surface area contributed by atoms with Gasteiger partial charge in [0.15, 0.2) is 6.10 Å². The van der Waals surface area contributed by atoms with Gasteiger partial charge in [0.05, 0.1) is 17.7 Å². The van der Waals surface area contributed by atoms with Crippen LogP contribution >= 0.6 is 0 Å². The van der Waals surface area contributed by atoms with Crippen LogP contribution in [0.2, 0.25) is 0 Å². The van der Waals surface area contributed by atoms with Crippen molar-refractivity contribution in [2.24, 2.45) is 0 Å². The Morgan fingerprint density at radius 2 is 1.03 bits per heavy atom. The van der Waals surface area contributed by atoms with Gasteiger partial charge in [-0.1, -0.05) is 127 Å². The number of rotatable bonds is 22. The third-order valence-corrected chi connectivity index (χ3v) is 6.64. The van der Waals surface area contributed by atoms with Gasteiger partial charge in [0, 0.05) is 6.61 Å². The van der Waals surface area contributed by atoms with Crippen LogP contribution in [0.3, 0.4) is 0 Å². The standard InChI is InChI=1S/C33H48O5/c1-2-3-4-5-6-7-8-9-10-11-12-13-14-21-26-36-27-31(38-33(35)30-24-19-16-20-25-30)28-37-32(34)29-22-17-15-18-23-29/h15-20,22-25,31H,2-14,21,26-28H2,1H3/t31-/m0/s1. The summed E-state index contributed by atoms with van der Waals surface area (Å²) in [7, 11) is 0. The summed E-state index contributed by atoms with van der Waals surface area (Å²) in [4.78, 5) is 24.8. The van der Waals surface area contributed by atoms with E-state index in [4.69, 9.17) is 14.2 Å². The van der Waals surface area contributed by atoms with Gasteiger partial charge in [0.2, 0.25) is 0 Å². The van der Waals surface area contributed by atoms with Crippen molar-refractivity contribution in [1.29, 1.82) is 0 Å². The third kappa shape index (κ3) is 14.9. The number of hydrogen-bond acceptors (Lipinski definition) is 5. The lowest BCUT2D eigenvalue weighted by Gasteiger charge is -2.18. The first-order chi connectivity index (χ1) is 18.7. The number of carbonyl (C=O) groups is 2. The van der Waals surface area contributed by atoms with Crippen LogP contribution in [0.25, 0.3) is 0 Å². The Morgan fingerprint density at radius 3 is 1.53 bits per heavy atom. The van der Waals surface area contributed by atoms with Crippen molar-refractivity contribution in [2.75, 3.05) is 19.8 Å². The van der Waals surface area contributed by atoms with Crippen molar-refractivity contribution >= 4 is 11.9 Å². The molecule has 210 valence electrons. The monoisotopic (exact) mass is 524 g/mol. The molecule has 0 radical (unpaired) electrons. The summed E-state index contributed by atoms with van der Waals surface area (Å²) in [5, 5.41) is 0. The van der Waals surface area contributed by atoms with E-state index in [2.05, 4.69) is 6.92 Å². The Balaban J connectivity index is 1.57. The molecule has 0 aromatic heterocycles. The molecule has 0 fully saturated rings. The molecule has 0 aliphatic carbocycles. The van der Waals surface area contributed by atoms with Gasteiger partial charge in [-0.05, 0) is 30.7 Å². The minimum absolute atomic E-state index is 0.0506. The highest BCUT2D eigenvalue weighted by molar-refractivity contribution is 5.90. The third-order valence-electron chi connectivity index (χ3n) is 6.64. The van der Waals surface area contributed by atoms with E-state index >= 15 is 0 Å². The fourth-order valence-electron chi connectivity index (χ4n) is 4.35. The molecule has 2 aromatic carbocycles. The summed E-state index contributed by atoms with van der Waals surface area (Å²) in [6, 6.07) is 17.6. The van der Waals surface area contributed by atoms with Crippen LogP contribution in [0.4, 0.5) is 0 Å². The zero-order chi connectivity index (χ0) is 27.1. The maximum Gasteiger partial charge on any atom is 0.338 e. The van der Waals surface area contributed by atoms with E-state index in [1.165, 1.54) is 77.0 Å². The van der Waals surface area contributed by atoms with Crippen LogP contribution in [0.15, 0.2) is 60.7 Å². The topological polar surface area (TPSA) is 61.8 Å². The number of ether oxygens (including phenoxy) is 3. The number of unbranched alkanes of at least 4 members (excludes halogenated alkanes) is 13. The van der Waals surface area contributed by atoms with Crippen molar-refractivity contribution in [3.63, 3.8) is 0 Å². The molecule has 2 aromatic rings. The predicted octanol–water partition coefficient (Wildman–Crippen LogP) is 8.57. The molecular weight excluding hydrogens is 476 g/mol. The molecule has 0 unspecified atom stereocenters. The maximum atomic E-state index is 12.5. The SMILES string of the molecule is CCCCCCCCCCCCCCCCOC[C@@H](COC(=O)c1ccccc1)OC(=O)c1ccccc1. The van der Waals surface area contributed by atoms with Crippen molar-refractivity contribution in [3.05, 3.63) is 71.8 Å². The van der Waals surface area contributed by atoms with Gasteiger partial charge >= 0.3 is 11.9 Å². The molecule has 5 nitrogen and oxygen atoms in total. The molecular formula is C33H48O5. The van der Waals surface area contributed by atoms with Gasteiger partial charge < -0.3 is 14.2 Å². The Hall–Kier alpha value is -2.66. The molecule has 0 heterocycles. The summed E-state index contributed by atoms with van der Waals surface area (Å²) >= 11 is 0. The summed E-state index contributed by atoms with van der Waals surface area (Å²) in [5.74, 6) is -0.898. The van der Waals surface area contributed by atoms with Crippen LogP contribution in [0.5, 0.6) is 0 Å². The van der Waals surface area contributed by atoms with Crippen LogP contribution < -0.4 is 0 Å². The first-order valence-electron chi connectivity index (χ1n) is 14.8. The normalized spacial score (nSPS) is 11.7. The van der Waals surface area contributed by atoms with Gasteiger partial charge in [-0.25, -0.2) is 9.59 Å². The zero-order valence-electron chi connectivity index (χ0n) is 23.4. The smallest absolute Gasteiger partial charge is 0.338 e. The molecule has 0 aliphatic heterocycles. The Morgan fingerprint density at radius 1 is 0.579 bits per heavy atom. The summed E-state index contributed by atoms with van der Waals surface area (Å²) in [6.45, 7) is 3.01. The number of benzene rings is 2. The number of carbonyl (C=O) groups excluding carboxylic acids is 2. The second-order valence-electron chi connectivity index (χ2n) is 10.0. The summed E-state index contributed by atoms with van der Waals surface area (Å²) < 4.78 is 16.8. The van der Waals surface area contributed by atoms with Gasteiger partial charge in [0.25, 0.3) is 0 Å². The highest BCUT2D eigenvalue weighted by Gasteiger charge is 2.19. The first kappa shape index (κ1) is 31.6. The molecule has 1 atom stereocenters. The highest BCUT2D eigenvalue weighted by Crippen LogP contribution is 2.13. The Kier molecular flexibility index (Phi) is 17.7. The van der Waals surface area contributed by atoms with Crippen molar-refractivity contribution in [1.82, 2.24) is 0 Å². The molecule has 0 saturated heterocycles. The van der Waals surface area contributed by atoms with Crippen molar-refractivity contribution < 1.29 is 23.8 Å². The lowest BCUT2D eigenvalue weighted by atomic mass is 10.0. The van der Waals surface area contributed by atoms with E-state index in [1.807, 2.05) is 12.1 Å². The molecule has 0 bridgehead atoms. The number of hydrogen-bond donors (Lipinski definition) is 0. The molecule has 0 amide bonds. The molecule has 0 aliphatic rings. The lowest BCUT2D eigenvalue weighted by Crippen LogP contribution is -2.30. The van der Waals surface area contributed by atoms with E-state index in [1.54, 1.807) is 48.5 Å². The second-order valence-corrected chi connectivity index (χ2v) is 10.0. The molecule has 0 N–H and O–H groups in total. The predicted molar refractivity (Wildman–Crippen MR) is 154 cm³/mol. The quantitative estimate of drug-likeness (QED) is 0.114. The zero-order valence-corrected chi connectivity index (χ0v) is 23.4. The van der Waals surface area contributed by atoms with Crippen LogP contribution in [-0.2, 0) is 14.2 Å².